The van der Waals surface area contributed by atoms with E-state index in [-0.39, 0.29) is 0 Å². The van der Waals surface area contributed by atoms with Gasteiger partial charge in [-0.15, -0.1) is 11.3 Å². The van der Waals surface area contributed by atoms with Crippen LogP contribution in [0.15, 0.2) is 109 Å². The minimum absolute atomic E-state index is 1.28. The molecule has 0 aliphatic heterocycles. The van der Waals surface area contributed by atoms with Crippen LogP contribution in [0.2, 0.25) is 0 Å². The number of thiophene rings is 1. The Bertz CT molecular complexity index is 1780. The van der Waals surface area contributed by atoms with Gasteiger partial charge in [-0.1, -0.05) is 84.9 Å². The van der Waals surface area contributed by atoms with Gasteiger partial charge in [0, 0.05) is 20.2 Å². The molecule has 0 unspecified atom stereocenters. The van der Waals surface area contributed by atoms with E-state index in [1.807, 2.05) is 11.3 Å². The Balaban J connectivity index is 1.71. The van der Waals surface area contributed by atoms with Crippen molar-refractivity contribution in [3.05, 3.63) is 109 Å². The summed E-state index contributed by atoms with van der Waals surface area (Å²) in [5.41, 5.74) is 2.64. The third kappa shape index (κ3) is 2.47. The number of rotatable bonds is 1. The monoisotopic (exact) mass is 410 g/mol. The van der Waals surface area contributed by atoms with Crippen molar-refractivity contribution in [3.63, 3.8) is 0 Å². The number of benzene rings is 6. The van der Waals surface area contributed by atoms with E-state index in [4.69, 9.17) is 0 Å². The summed E-state index contributed by atoms with van der Waals surface area (Å²) in [5.74, 6) is 0. The van der Waals surface area contributed by atoms with E-state index in [2.05, 4.69) is 109 Å². The van der Waals surface area contributed by atoms with Gasteiger partial charge in [-0.3, -0.25) is 0 Å². The van der Waals surface area contributed by atoms with Gasteiger partial charge >= 0.3 is 0 Å². The fourth-order valence-electron chi connectivity index (χ4n) is 5.02. The lowest BCUT2D eigenvalue weighted by Crippen LogP contribution is -1.87. The topological polar surface area (TPSA) is 0 Å². The maximum Gasteiger partial charge on any atom is 0.0362 e. The molecule has 0 amide bonds. The molecule has 31 heavy (non-hydrogen) atoms. The average molecular weight is 411 g/mol. The van der Waals surface area contributed by atoms with Gasteiger partial charge in [0.2, 0.25) is 0 Å². The molecule has 0 fully saturated rings. The molecule has 1 aromatic heterocycles. The van der Waals surface area contributed by atoms with Gasteiger partial charge in [0.05, 0.1) is 0 Å². The van der Waals surface area contributed by atoms with Crippen molar-refractivity contribution in [2.75, 3.05) is 0 Å². The van der Waals surface area contributed by atoms with Crippen molar-refractivity contribution in [2.45, 2.75) is 0 Å². The number of fused-ring (bicyclic) bond motifs is 6. The first-order valence-electron chi connectivity index (χ1n) is 10.6. The molecule has 1 heterocycles. The summed E-state index contributed by atoms with van der Waals surface area (Å²) in [6.07, 6.45) is 0. The molecule has 0 N–H and O–H groups in total. The lowest BCUT2D eigenvalue weighted by atomic mass is 9.89. The van der Waals surface area contributed by atoms with E-state index >= 15 is 0 Å². The van der Waals surface area contributed by atoms with Crippen LogP contribution in [-0.2, 0) is 0 Å². The fraction of sp³-hybridized carbons (Fsp3) is 0. The Morgan fingerprint density at radius 2 is 1.10 bits per heavy atom. The van der Waals surface area contributed by atoms with Crippen LogP contribution in [0.3, 0.4) is 0 Å². The molecule has 0 aliphatic carbocycles. The summed E-state index contributed by atoms with van der Waals surface area (Å²) in [5, 5.41) is 10.5. The first-order valence-corrected chi connectivity index (χ1v) is 11.4. The molecule has 0 atom stereocenters. The molecule has 0 aliphatic rings. The zero-order valence-electron chi connectivity index (χ0n) is 16.8. The highest BCUT2D eigenvalue weighted by Crippen LogP contribution is 2.43. The predicted molar refractivity (Wildman–Crippen MR) is 137 cm³/mol. The van der Waals surface area contributed by atoms with E-state index < -0.39 is 0 Å². The lowest BCUT2D eigenvalue weighted by Gasteiger charge is -2.14. The maximum absolute atomic E-state index is 2.42. The Hall–Kier alpha value is -3.68. The molecule has 1 heteroatoms. The highest BCUT2D eigenvalue weighted by atomic mass is 32.1. The summed E-state index contributed by atoms with van der Waals surface area (Å²) in [6, 6.07) is 40.1. The quantitative estimate of drug-likeness (QED) is 0.237. The van der Waals surface area contributed by atoms with Crippen LogP contribution < -0.4 is 0 Å². The van der Waals surface area contributed by atoms with E-state index in [9.17, 15) is 0 Å². The summed E-state index contributed by atoms with van der Waals surface area (Å²) in [6.45, 7) is 0. The summed E-state index contributed by atoms with van der Waals surface area (Å²) in [4.78, 5) is 0. The molecule has 6 aromatic carbocycles. The predicted octanol–water partition coefficient (Wildman–Crippen LogP) is 9.18. The van der Waals surface area contributed by atoms with Gasteiger partial charge in [0.25, 0.3) is 0 Å². The van der Waals surface area contributed by atoms with E-state index in [0.717, 1.165) is 0 Å². The molecule has 0 saturated carbocycles. The van der Waals surface area contributed by atoms with Gasteiger partial charge in [0.15, 0.2) is 0 Å². The van der Waals surface area contributed by atoms with Gasteiger partial charge in [-0.2, -0.15) is 0 Å². The van der Waals surface area contributed by atoms with Crippen molar-refractivity contribution < 1.29 is 0 Å². The highest BCUT2D eigenvalue weighted by molar-refractivity contribution is 7.25. The van der Waals surface area contributed by atoms with Crippen LogP contribution >= 0.6 is 11.3 Å². The minimum Gasteiger partial charge on any atom is -0.135 e. The Morgan fingerprint density at radius 1 is 0.387 bits per heavy atom. The first kappa shape index (κ1) is 17.0. The Kier molecular flexibility index (Phi) is 3.52. The van der Waals surface area contributed by atoms with Gasteiger partial charge in [-0.05, 0) is 67.7 Å². The van der Waals surface area contributed by atoms with Crippen molar-refractivity contribution in [1.29, 1.82) is 0 Å². The molecular weight excluding hydrogens is 392 g/mol. The van der Waals surface area contributed by atoms with Crippen LogP contribution in [0.1, 0.15) is 0 Å². The van der Waals surface area contributed by atoms with Gasteiger partial charge in [0.1, 0.15) is 0 Å². The van der Waals surface area contributed by atoms with Crippen molar-refractivity contribution in [1.82, 2.24) is 0 Å². The standard InChI is InChI=1S/C30H18S/c1-3-11-22-19(8-1)10-7-14-25(22)30-23-12-4-2-9-20(23)16-21-17-27-24-13-5-6-15-28(24)31-29(27)18-26(21)30/h1-18H. The second-order valence-corrected chi connectivity index (χ2v) is 9.25. The number of hydrogen-bond donors (Lipinski definition) is 0. The molecule has 0 nitrogen and oxygen atoms in total. The largest absolute Gasteiger partial charge is 0.135 e. The van der Waals surface area contributed by atoms with Crippen molar-refractivity contribution in [3.8, 4) is 11.1 Å². The summed E-state index contributed by atoms with van der Waals surface area (Å²) in [7, 11) is 0. The maximum atomic E-state index is 2.42. The molecule has 0 spiro atoms. The van der Waals surface area contributed by atoms with Crippen molar-refractivity contribution in [2.24, 2.45) is 0 Å². The third-order valence-corrected chi connectivity index (χ3v) is 7.55. The zero-order chi connectivity index (χ0) is 20.4. The molecule has 0 radical (unpaired) electrons. The normalized spacial score (nSPS) is 11.9. The van der Waals surface area contributed by atoms with Crippen LogP contribution in [-0.4, -0.2) is 0 Å². The fourth-order valence-corrected chi connectivity index (χ4v) is 6.15. The number of hydrogen-bond acceptors (Lipinski definition) is 1. The smallest absolute Gasteiger partial charge is 0.0362 e. The zero-order valence-corrected chi connectivity index (χ0v) is 17.6. The van der Waals surface area contributed by atoms with Gasteiger partial charge in [-0.25, -0.2) is 0 Å². The molecule has 7 rings (SSSR count). The third-order valence-electron chi connectivity index (χ3n) is 6.42. The van der Waals surface area contributed by atoms with Crippen LogP contribution in [0.5, 0.6) is 0 Å². The van der Waals surface area contributed by atoms with Gasteiger partial charge < -0.3 is 0 Å². The van der Waals surface area contributed by atoms with Crippen LogP contribution in [0, 0.1) is 0 Å². The van der Waals surface area contributed by atoms with E-state index in [0.29, 0.717) is 0 Å². The second kappa shape index (κ2) is 6.41. The Morgan fingerprint density at radius 3 is 2.00 bits per heavy atom. The summed E-state index contributed by atoms with van der Waals surface area (Å²) < 4.78 is 2.70. The van der Waals surface area contributed by atoms with Crippen molar-refractivity contribution >= 4 is 63.8 Å². The van der Waals surface area contributed by atoms with E-state index in [1.165, 1.54) is 63.6 Å². The lowest BCUT2D eigenvalue weighted by molar-refractivity contribution is 1.72. The first-order chi connectivity index (χ1) is 15.4. The molecular formula is C30H18S. The molecule has 0 saturated heterocycles. The summed E-state index contributed by atoms with van der Waals surface area (Å²) >= 11 is 1.89. The molecule has 144 valence electrons. The average Bonchev–Trinajstić information content (AvgIpc) is 3.18. The highest BCUT2D eigenvalue weighted by Gasteiger charge is 2.15. The van der Waals surface area contributed by atoms with Crippen LogP contribution in [0.4, 0.5) is 0 Å². The molecule has 7 aromatic rings. The van der Waals surface area contributed by atoms with Crippen LogP contribution in [0.25, 0.3) is 63.6 Å². The SMILES string of the molecule is c1ccc2c(-c3c4ccccc4cc4cc5c(cc34)sc3ccccc35)cccc2c1. The second-order valence-electron chi connectivity index (χ2n) is 8.17. The Labute approximate surface area is 184 Å². The molecule has 0 bridgehead atoms. The van der Waals surface area contributed by atoms with E-state index in [1.54, 1.807) is 0 Å². The minimum atomic E-state index is 1.28.